The van der Waals surface area contributed by atoms with Crippen LogP contribution in [0.4, 0.5) is 0 Å². The number of rotatable bonds is 2. The lowest BCUT2D eigenvalue weighted by molar-refractivity contribution is -0.122. The molecule has 128 valence electrons. The number of carbonyl (C=O) groups is 1. The number of carbonyl (C=O) groups excluding carboxylic acids is 1. The summed E-state index contributed by atoms with van der Waals surface area (Å²) in [5, 5.41) is 10.3. The van der Waals surface area contributed by atoms with Gasteiger partial charge < -0.3 is 14.6 Å². The molecule has 0 saturated carbocycles. The first-order valence-electron chi connectivity index (χ1n) is 8.40. The first-order valence-corrected chi connectivity index (χ1v) is 8.40. The van der Waals surface area contributed by atoms with Gasteiger partial charge in [-0.2, -0.15) is 0 Å². The molecule has 5 heteroatoms. The summed E-state index contributed by atoms with van der Waals surface area (Å²) >= 11 is 0. The fourth-order valence-corrected chi connectivity index (χ4v) is 5.27. The molecule has 0 bridgehead atoms. The number of phenolic OH excluding ortho intramolecular Hbond substituents is 1. The number of likely N-dealkylation sites (N-methyl/N-ethyl adjacent to an activating group) is 1. The van der Waals surface area contributed by atoms with E-state index in [0.29, 0.717) is 17.9 Å². The van der Waals surface area contributed by atoms with E-state index in [9.17, 15) is 9.90 Å². The van der Waals surface area contributed by atoms with Gasteiger partial charge in [-0.25, -0.2) is 0 Å². The Hall–Kier alpha value is -2.01. The van der Waals surface area contributed by atoms with Crippen molar-refractivity contribution in [3.8, 4) is 11.5 Å². The molecule has 1 heterocycles. The number of hydrogen-bond acceptors (Lipinski definition) is 5. The molecular formula is C19H23NO4. The fraction of sp³-hybridized carbons (Fsp3) is 0.526. The molecule has 24 heavy (non-hydrogen) atoms. The first kappa shape index (κ1) is 15.5. The lowest BCUT2D eigenvalue weighted by atomic mass is 9.54. The monoisotopic (exact) mass is 329 g/mol. The number of ketones is 1. The largest absolute Gasteiger partial charge is 0.504 e. The standard InChI is InChI=1S/C19H23NO4/c1-20-9-8-18-10-14(22)15(23-2)11-19(18,20)7-6-12-4-5-13(21)17(24-3)16(12)18/h4-5,11,21H,6-10H2,1-3H3/t18-,19+/m1/s1. The minimum absolute atomic E-state index is 0.0293. The minimum atomic E-state index is -0.363. The number of hydrogen-bond donors (Lipinski definition) is 1. The van der Waals surface area contributed by atoms with Crippen LogP contribution in [0.1, 0.15) is 30.4 Å². The van der Waals surface area contributed by atoms with E-state index in [1.54, 1.807) is 20.3 Å². The van der Waals surface area contributed by atoms with Gasteiger partial charge in [0, 0.05) is 17.4 Å². The Labute approximate surface area is 141 Å². The minimum Gasteiger partial charge on any atom is -0.504 e. The molecule has 1 fully saturated rings. The van der Waals surface area contributed by atoms with Crippen LogP contribution in [0.5, 0.6) is 11.5 Å². The van der Waals surface area contributed by atoms with E-state index < -0.39 is 0 Å². The van der Waals surface area contributed by atoms with Crippen molar-refractivity contribution < 1.29 is 19.4 Å². The number of fused-ring (bicyclic) bond motifs is 1. The maximum absolute atomic E-state index is 12.7. The maximum atomic E-state index is 12.7. The van der Waals surface area contributed by atoms with Crippen LogP contribution < -0.4 is 4.74 Å². The maximum Gasteiger partial charge on any atom is 0.198 e. The van der Waals surface area contributed by atoms with E-state index in [2.05, 4.69) is 11.9 Å². The Morgan fingerprint density at radius 3 is 2.71 bits per heavy atom. The van der Waals surface area contributed by atoms with E-state index in [1.165, 1.54) is 5.56 Å². The van der Waals surface area contributed by atoms with Crippen molar-refractivity contribution in [3.05, 3.63) is 35.1 Å². The molecule has 1 aliphatic heterocycles. The Balaban J connectivity index is 2.04. The number of benzene rings is 1. The number of aryl methyl sites for hydroxylation is 1. The average Bonchev–Trinajstić information content (AvgIpc) is 2.87. The Morgan fingerprint density at radius 1 is 1.21 bits per heavy atom. The molecular weight excluding hydrogens is 306 g/mol. The molecule has 2 atom stereocenters. The van der Waals surface area contributed by atoms with Gasteiger partial charge in [0.05, 0.1) is 19.8 Å². The van der Waals surface area contributed by atoms with E-state index in [-0.39, 0.29) is 22.5 Å². The van der Waals surface area contributed by atoms with Gasteiger partial charge >= 0.3 is 0 Å². The predicted octanol–water partition coefficient (Wildman–Crippen LogP) is 2.16. The summed E-state index contributed by atoms with van der Waals surface area (Å²) in [6.07, 6.45) is 5.11. The van der Waals surface area contributed by atoms with Gasteiger partial charge in [0.15, 0.2) is 23.0 Å². The van der Waals surface area contributed by atoms with Crippen molar-refractivity contribution in [1.82, 2.24) is 4.90 Å². The zero-order chi connectivity index (χ0) is 17.1. The Morgan fingerprint density at radius 2 is 2.00 bits per heavy atom. The molecule has 1 aromatic rings. The van der Waals surface area contributed by atoms with Gasteiger partial charge in [0.25, 0.3) is 0 Å². The number of likely N-dealkylation sites (tertiary alicyclic amines) is 1. The molecule has 0 unspecified atom stereocenters. The normalized spacial score (nSPS) is 31.8. The summed E-state index contributed by atoms with van der Waals surface area (Å²) in [6.45, 7) is 0.902. The lowest BCUT2D eigenvalue weighted by Crippen LogP contribution is -2.59. The zero-order valence-corrected chi connectivity index (χ0v) is 14.4. The number of phenols is 1. The summed E-state index contributed by atoms with van der Waals surface area (Å²) in [6, 6.07) is 3.67. The third-order valence-corrected chi connectivity index (χ3v) is 6.39. The van der Waals surface area contributed by atoms with E-state index in [0.717, 1.165) is 31.4 Å². The zero-order valence-electron chi connectivity index (χ0n) is 14.4. The Kier molecular flexibility index (Phi) is 3.23. The number of ether oxygens (including phenoxy) is 2. The molecule has 0 radical (unpaired) electrons. The van der Waals surface area contributed by atoms with Crippen molar-refractivity contribution in [2.45, 2.75) is 36.6 Å². The number of methoxy groups -OCH3 is 2. The molecule has 4 rings (SSSR count). The molecule has 0 spiro atoms. The van der Waals surface area contributed by atoms with Crippen LogP contribution in [0.3, 0.4) is 0 Å². The summed E-state index contributed by atoms with van der Waals surface area (Å²) in [5.74, 6) is 1.16. The second-order valence-corrected chi connectivity index (χ2v) is 7.14. The predicted molar refractivity (Wildman–Crippen MR) is 89.4 cm³/mol. The average molecular weight is 329 g/mol. The lowest BCUT2D eigenvalue weighted by Gasteiger charge is -2.53. The highest BCUT2D eigenvalue weighted by Crippen LogP contribution is 2.61. The summed E-state index contributed by atoms with van der Waals surface area (Å²) in [7, 11) is 5.26. The topological polar surface area (TPSA) is 59.0 Å². The summed E-state index contributed by atoms with van der Waals surface area (Å²) in [5.41, 5.74) is 1.57. The van der Waals surface area contributed by atoms with E-state index >= 15 is 0 Å². The van der Waals surface area contributed by atoms with Gasteiger partial charge in [0.2, 0.25) is 0 Å². The van der Waals surface area contributed by atoms with Crippen LogP contribution in [-0.4, -0.2) is 49.1 Å². The number of allylic oxidation sites excluding steroid dienone is 1. The van der Waals surface area contributed by atoms with Crippen molar-refractivity contribution in [1.29, 1.82) is 0 Å². The highest BCUT2D eigenvalue weighted by molar-refractivity contribution is 5.97. The second-order valence-electron chi connectivity index (χ2n) is 7.14. The first-order chi connectivity index (χ1) is 11.5. The molecule has 0 amide bonds. The third-order valence-electron chi connectivity index (χ3n) is 6.39. The second kappa shape index (κ2) is 4.99. The van der Waals surface area contributed by atoms with Gasteiger partial charge in [0.1, 0.15) is 0 Å². The van der Waals surface area contributed by atoms with Crippen LogP contribution in [0.2, 0.25) is 0 Å². The summed E-state index contributed by atoms with van der Waals surface area (Å²) < 4.78 is 11.0. The van der Waals surface area contributed by atoms with Crippen LogP contribution in [-0.2, 0) is 21.4 Å². The van der Waals surface area contributed by atoms with Crippen LogP contribution in [0.15, 0.2) is 24.0 Å². The molecule has 1 aromatic carbocycles. The van der Waals surface area contributed by atoms with Crippen molar-refractivity contribution in [2.24, 2.45) is 0 Å². The molecule has 1 saturated heterocycles. The molecule has 1 N–H and O–H groups in total. The molecule has 2 aliphatic carbocycles. The van der Waals surface area contributed by atoms with Gasteiger partial charge in [-0.1, -0.05) is 6.07 Å². The molecule has 5 nitrogen and oxygen atoms in total. The van der Waals surface area contributed by atoms with Gasteiger partial charge in [-0.05, 0) is 50.6 Å². The highest BCUT2D eigenvalue weighted by Gasteiger charge is 2.64. The highest BCUT2D eigenvalue weighted by atomic mass is 16.5. The molecule has 3 aliphatic rings. The number of nitrogens with zero attached hydrogens (tertiary/aromatic N) is 1. The van der Waals surface area contributed by atoms with Gasteiger partial charge in [-0.3, -0.25) is 9.69 Å². The summed E-state index contributed by atoms with van der Waals surface area (Å²) in [4.78, 5) is 15.0. The van der Waals surface area contributed by atoms with Gasteiger partial charge in [-0.15, -0.1) is 0 Å². The number of Topliss-reactive ketones (excluding diaryl/α,β-unsaturated/α-hetero) is 1. The quantitative estimate of drug-likeness (QED) is 0.901. The Bertz CT molecular complexity index is 756. The third kappa shape index (κ3) is 1.66. The fourth-order valence-electron chi connectivity index (χ4n) is 5.27. The SMILES string of the molecule is COC1=C[C@@]23CCc4ccc(O)c(OC)c4[C@@]2(CCN3C)CC1=O. The van der Waals surface area contributed by atoms with Crippen LogP contribution in [0, 0.1) is 0 Å². The van der Waals surface area contributed by atoms with Crippen LogP contribution in [0.25, 0.3) is 0 Å². The number of aromatic hydroxyl groups is 1. The van der Waals surface area contributed by atoms with E-state index in [4.69, 9.17) is 9.47 Å². The van der Waals surface area contributed by atoms with Crippen molar-refractivity contribution in [2.75, 3.05) is 27.8 Å². The van der Waals surface area contributed by atoms with Crippen molar-refractivity contribution >= 4 is 5.78 Å². The van der Waals surface area contributed by atoms with Crippen molar-refractivity contribution in [3.63, 3.8) is 0 Å². The smallest absolute Gasteiger partial charge is 0.198 e. The molecule has 0 aromatic heterocycles. The van der Waals surface area contributed by atoms with E-state index in [1.807, 2.05) is 12.1 Å². The van der Waals surface area contributed by atoms with Crippen LogP contribution >= 0.6 is 0 Å².